The number of fused-ring (bicyclic) bond motifs is 6. The van der Waals surface area contributed by atoms with Gasteiger partial charge in [0.2, 0.25) is 0 Å². The Labute approximate surface area is 707 Å². The van der Waals surface area contributed by atoms with E-state index < -0.39 is 17.7 Å². The number of nitrogens with zero attached hydrogens (tertiary/aromatic N) is 3. The second-order valence-corrected chi connectivity index (χ2v) is 30.8. The summed E-state index contributed by atoms with van der Waals surface area (Å²) >= 11 is 0. The fourth-order valence-electron chi connectivity index (χ4n) is 13.5. The number of nitrogens with one attached hydrogen (secondary N) is 3. The van der Waals surface area contributed by atoms with Crippen molar-refractivity contribution in [3.05, 3.63) is 70.6 Å². The molecule has 1 aliphatic rings. The molecule has 117 heavy (non-hydrogen) atoms. The van der Waals surface area contributed by atoms with Gasteiger partial charge in [0.15, 0.2) is 0 Å². The minimum atomic E-state index is -0.556. The molecule has 3 amide bonds. The quantitative estimate of drug-likeness (QED) is 0.0443. The third-order valence-corrected chi connectivity index (χ3v) is 20.3. The van der Waals surface area contributed by atoms with Gasteiger partial charge in [-0.3, -0.25) is 14.4 Å². The number of ether oxygens (including phenoxy) is 15. The highest BCUT2D eigenvalue weighted by Crippen LogP contribution is 2.22. The van der Waals surface area contributed by atoms with Gasteiger partial charge in [-0.25, -0.2) is 15.0 Å². The highest BCUT2D eigenvalue weighted by Gasteiger charge is 2.19. The molecule has 3 aromatic heterocycles. The Hall–Kier alpha value is -5.22. The van der Waals surface area contributed by atoms with Crippen molar-refractivity contribution in [3.8, 4) is 17.2 Å². The lowest BCUT2D eigenvalue weighted by Crippen LogP contribution is -2.29. The Balaban J connectivity index is 1.18. The van der Waals surface area contributed by atoms with E-state index in [-0.39, 0.29) is 76.4 Å². The van der Waals surface area contributed by atoms with Crippen molar-refractivity contribution in [1.82, 2.24) is 30.9 Å². The van der Waals surface area contributed by atoms with Crippen molar-refractivity contribution in [2.24, 2.45) is 0 Å². The lowest BCUT2D eigenvalue weighted by Gasteiger charge is -2.15. The van der Waals surface area contributed by atoms with Crippen LogP contribution in [0.25, 0.3) is 0 Å². The van der Waals surface area contributed by atoms with Gasteiger partial charge in [-0.15, -0.1) is 0 Å². The van der Waals surface area contributed by atoms with E-state index in [1.165, 1.54) is 269 Å². The van der Waals surface area contributed by atoms with Gasteiger partial charge in [-0.2, -0.15) is 0 Å². The lowest BCUT2D eigenvalue weighted by molar-refractivity contribution is -0.00488. The average Bonchev–Trinajstić information content (AvgIpc) is 0.832. The molecule has 0 saturated carbocycles. The normalized spacial score (nSPS) is 12.6. The van der Waals surface area contributed by atoms with E-state index in [9.17, 15) is 14.4 Å². The summed E-state index contributed by atoms with van der Waals surface area (Å²) in [6.45, 7) is 18.1. The first-order chi connectivity index (χ1) is 57.9. The van der Waals surface area contributed by atoms with Crippen LogP contribution in [-0.2, 0) is 76.5 Å². The van der Waals surface area contributed by atoms with Crippen LogP contribution in [0.5, 0.6) is 17.2 Å². The predicted octanol–water partition coefficient (Wildman–Crippen LogP) is 18.8. The Morgan fingerprint density at radius 2 is 0.359 bits per heavy atom. The van der Waals surface area contributed by atoms with Crippen LogP contribution in [0.3, 0.4) is 0 Å². The van der Waals surface area contributed by atoms with Gasteiger partial charge in [0.25, 0.3) is 17.7 Å². The summed E-state index contributed by atoms with van der Waals surface area (Å²) in [6, 6.07) is 9.48. The summed E-state index contributed by atoms with van der Waals surface area (Å²) in [5.74, 6) is -0.692. The first-order valence-corrected chi connectivity index (χ1v) is 46.6. The number of amides is 3. The van der Waals surface area contributed by atoms with Crippen LogP contribution < -0.4 is 30.2 Å². The number of hydrogen-bond acceptors (Lipinski definition) is 21. The Bertz CT molecular complexity index is 2490. The Morgan fingerprint density at radius 1 is 0.205 bits per heavy atom. The molecule has 1 aliphatic heterocycles. The van der Waals surface area contributed by atoms with Gasteiger partial charge in [-0.05, 0) is 19.3 Å². The molecule has 24 nitrogen and oxygen atoms in total. The molecule has 3 N–H and O–H groups in total. The SMILES string of the molecule is CCCCCCCCCCCCCCCCOCCOCCOCCOCCOc1cc2nc(c1)C(=O)NCc1cc(OCCOCCOCCOCCOCCCCCCCCCCCCCCCC)cc(n1)C(=O)NCc1cc(OCCOCCOCCOCCOCCCCCCCCCCCCCCCC)cc(n1)C(=O)NC2. The van der Waals surface area contributed by atoms with Crippen molar-refractivity contribution in [2.45, 2.75) is 310 Å². The van der Waals surface area contributed by atoms with Crippen LogP contribution in [0, 0.1) is 0 Å². The van der Waals surface area contributed by atoms with Crippen molar-refractivity contribution in [3.63, 3.8) is 0 Å². The van der Waals surface area contributed by atoms with Crippen LogP contribution in [0.4, 0.5) is 0 Å². The predicted molar refractivity (Wildman–Crippen MR) is 463 cm³/mol. The molecule has 24 heteroatoms. The van der Waals surface area contributed by atoms with Crippen LogP contribution in [0.1, 0.15) is 339 Å². The van der Waals surface area contributed by atoms with Gasteiger partial charge >= 0.3 is 0 Å². The molecule has 4 rings (SSSR count). The van der Waals surface area contributed by atoms with Crippen LogP contribution >= 0.6 is 0 Å². The van der Waals surface area contributed by atoms with Gasteiger partial charge in [0.1, 0.15) is 54.2 Å². The minimum Gasteiger partial charge on any atom is -0.491 e. The summed E-state index contributed by atoms with van der Waals surface area (Å²) in [7, 11) is 0. The van der Waals surface area contributed by atoms with Gasteiger partial charge in [-0.1, -0.05) is 271 Å². The zero-order chi connectivity index (χ0) is 82.9. The van der Waals surface area contributed by atoms with Crippen molar-refractivity contribution >= 4 is 17.7 Å². The highest BCUT2D eigenvalue weighted by atomic mass is 16.6. The number of carbonyl (C=O) groups is 3. The fraction of sp³-hybridized carbons (Fsp3) is 0.806. The number of carbonyl (C=O) groups excluding carboxylic acids is 3. The molecule has 0 spiro atoms. The number of aromatic nitrogens is 3. The number of pyridine rings is 3. The van der Waals surface area contributed by atoms with Gasteiger partial charge < -0.3 is 87.0 Å². The van der Waals surface area contributed by atoms with Crippen molar-refractivity contribution in [2.75, 3.05) is 178 Å². The average molecular weight is 1650 g/mol. The molecule has 0 radical (unpaired) electrons. The third kappa shape index (κ3) is 62.5. The molecule has 0 atom stereocenters. The van der Waals surface area contributed by atoms with Crippen molar-refractivity contribution < 1.29 is 85.4 Å². The van der Waals surface area contributed by atoms with Gasteiger partial charge in [0.05, 0.1) is 175 Å². The van der Waals surface area contributed by atoms with E-state index in [0.717, 1.165) is 39.1 Å². The topological polar surface area (TPSA) is 264 Å². The number of hydrogen-bond donors (Lipinski definition) is 3. The Morgan fingerprint density at radius 3 is 0.538 bits per heavy atom. The molecule has 0 aromatic carbocycles. The van der Waals surface area contributed by atoms with Gasteiger partial charge in [0, 0.05) is 56.2 Å². The first kappa shape index (κ1) is 104. The summed E-state index contributed by atoms with van der Waals surface area (Å²) < 4.78 is 87.4. The van der Waals surface area contributed by atoms with E-state index in [1.807, 2.05) is 0 Å². The second kappa shape index (κ2) is 79.3. The number of unbranched alkanes of at least 4 members (excludes halogenated alkanes) is 39. The molecule has 0 aliphatic carbocycles. The zero-order valence-electron chi connectivity index (χ0n) is 73.6. The standard InChI is InChI=1S/C93H162N6O18/c1-4-7-10-13-16-19-22-25-28-31-34-37-40-43-46-103-49-52-106-55-58-109-61-64-112-67-70-115-85-73-82-79-94-92(101)89-77-87(117-72-69-114-66-63-111-60-57-108-54-51-105-48-45-42-39-36-33-30-27-24-21-18-15-12-9-6-3)75-84(99-89)81-96-93(102)90-78-86(74-83(98-90)80-95-91(100)88(76-85)97-82)116-71-68-113-65-62-110-59-56-107-53-50-104-47-44-41-38-35-32-29-26-23-20-17-14-11-8-5-2/h73-78H,4-72,79-81H2,1-3H3,(H,94,101)(H,95,100)(H,96,102). The summed E-state index contributed by atoms with van der Waals surface area (Å²) in [5, 5.41) is 8.64. The highest BCUT2D eigenvalue weighted by molar-refractivity contribution is 5.94. The van der Waals surface area contributed by atoms with E-state index in [0.29, 0.717) is 153 Å². The molecule has 3 aromatic rings. The maximum Gasteiger partial charge on any atom is 0.270 e. The molecule has 0 saturated heterocycles. The maximum atomic E-state index is 14.0. The molecule has 4 heterocycles. The summed E-state index contributed by atoms with van der Waals surface area (Å²) in [5.41, 5.74) is 1.06. The molecular weight excluding hydrogens is 1490 g/mol. The van der Waals surface area contributed by atoms with E-state index >= 15 is 0 Å². The molecular formula is C93H162N6O18. The van der Waals surface area contributed by atoms with Crippen LogP contribution in [0.2, 0.25) is 0 Å². The largest absolute Gasteiger partial charge is 0.491 e. The maximum absolute atomic E-state index is 14.0. The molecule has 672 valence electrons. The van der Waals surface area contributed by atoms with Crippen LogP contribution in [-0.4, -0.2) is 211 Å². The molecule has 0 unspecified atom stereocenters. The van der Waals surface area contributed by atoms with Crippen molar-refractivity contribution in [1.29, 1.82) is 0 Å². The first-order valence-electron chi connectivity index (χ1n) is 46.6. The molecule has 0 fully saturated rings. The summed E-state index contributed by atoms with van der Waals surface area (Å²) in [4.78, 5) is 55.9. The van der Waals surface area contributed by atoms with Crippen LogP contribution in [0.15, 0.2) is 36.4 Å². The second-order valence-electron chi connectivity index (χ2n) is 30.8. The molecule has 6 bridgehead atoms. The van der Waals surface area contributed by atoms with E-state index in [4.69, 9.17) is 71.1 Å². The Kier molecular flexibility index (Phi) is 70.5. The fourth-order valence-corrected chi connectivity index (χ4v) is 13.5. The smallest absolute Gasteiger partial charge is 0.270 e. The third-order valence-electron chi connectivity index (χ3n) is 20.3. The zero-order valence-corrected chi connectivity index (χ0v) is 73.6. The minimum absolute atomic E-state index is 0.0144. The van der Waals surface area contributed by atoms with E-state index in [1.54, 1.807) is 18.2 Å². The monoisotopic (exact) mass is 1650 g/mol. The summed E-state index contributed by atoms with van der Waals surface area (Å²) in [6.07, 6.45) is 56.1. The lowest BCUT2D eigenvalue weighted by atomic mass is 10.0. The number of rotatable bonds is 84. The van der Waals surface area contributed by atoms with E-state index in [2.05, 4.69) is 51.7 Å².